The first-order valence-electron chi connectivity index (χ1n) is 5.63. The van der Waals surface area contributed by atoms with Crippen molar-refractivity contribution in [2.75, 3.05) is 26.9 Å². The standard InChI is InChI=1S/C5H12N2S.C4HF9O3S/c1-6-5(4-8)7(2)3;5-1(6,3(9,10)11)2(7,8)4(12,13)17(14,15)16/h8H,4H2,1-3H3;(H,14,15,16)/b6-5+;. The van der Waals surface area contributed by atoms with Gasteiger partial charge in [0.15, 0.2) is 0 Å². The molecule has 0 radical (unpaired) electrons. The topological polar surface area (TPSA) is 70.0 Å². The van der Waals surface area contributed by atoms with Gasteiger partial charge in [-0.1, -0.05) is 0 Å². The lowest BCUT2D eigenvalue weighted by atomic mass is 10.1. The predicted molar refractivity (Wildman–Crippen MR) is 73.3 cm³/mol. The molecule has 0 atom stereocenters. The summed E-state index contributed by atoms with van der Waals surface area (Å²) < 4.78 is 134. The van der Waals surface area contributed by atoms with E-state index in [1.165, 1.54) is 0 Å². The minimum Gasteiger partial charge on any atom is -0.366 e. The van der Waals surface area contributed by atoms with E-state index in [1.54, 1.807) is 7.05 Å². The molecule has 5 nitrogen and oxygen atoms in total. The first-order chi connectivity index (χ1) is 10.7. The van der Waals surface area contributed by atoms with Crippen LogP contribution in [0, 0.1) is 0 Å². The zero-order valence-electron chi connectivity index (χ0n) is 12.6. The molecule has 0 aliphatic carbocycles. The van der Waals surface area contributed by atoms with E-state index in [4.69, 9.17) is 4.55 Å². The number of alkyl halides is 9. The van der Waals surface area contributed by atoms with Crippen LogP contribution in [0.2, 0.25) is 0 Å². The van der Waals surface area contributed by atoms with Gasteiger partial charge in [0.05, 0.1) is 0 Å². The van der Waals surface area contributed by atoms with Crippen LogP contribution in [-0.4, -0.2) is 73.9 Å². The Balaban J connectivity index is 0. The van der Waals surface area contributed by atoms with Crippen molar-refractivity contribution in [3.63, 3.8) is 0 Å². The van der Waals surface area contributed by atoms with E-state index in [0.29, 0.717) is 5.75 Å². The third kappa shape index (κ3) is 5.54. The number of rotatable bonds is 4. The smallest absolute Gasteiger partial charge is 0.366 e. The molecule has 0 saturated carbocycles. The average molecular weight is 432 g/mol. The molecular weight excluding hydrogens is 419 g/mol. The summed E-state index contributed by atoms with van der Waals surface area (Å²) >= 11 is 4.06. The molecule has 0 heterocycles. The molecule has 0 bridgehead atoms. The SMILES string of the molecule is C/N=C(\CS)N(C)C.O=S(=O)(O)C(F)(F)C(F)(F)C(F)(F)C(F)(F)F. The minimum absolute atomic E-state index is 0.712. The molecule has 0 fully saturated rings. The van der Waals surface area contributed by atoms with Gasteiger partial charge < -0.3 is 4.90 Å². The van der Waals surface area contributed by atoms with Gasteiger partial charge in [-0.2, -0.15) is 60.6 Å². The van der Waals surface area contributed by atoms with E-state index in [2.05, 4.69) is 17.6 Å². The molecule has 0 aromatic heterocycles. The van der Waals surface area contributed by atoms with Gasteiger partial charge in [-0.3, -0.25) is 9.55 Å². The molecule has 0 amide bonds. The van der Waals surface area contributed by atoms with Gasteiger partial charge in [0.25, 0.3) is 0 Å². The number of halogens is 9. The Morgan fingerprint density at radius 3 is 1.48 bits per heavy atom. The summed E-state index contributed by atoms with van der Waals surface area (Å²) in [6, 6.07) is 0. The minimum atomic E-state index is -7.37. The number of aliphatic imine (C=N–C) groups is 1. The summed E-state index contributed by atoms with van der Waals surface area (Å²) in [7, 11) is -1.48. The van der Waals surface area contributed by atoms with Crippen LogP contribution in [-0.2, 0) is 10.1 Å². The van der Waals surface area contributed by atoms with Crippen LogP contribution in [0.25, 0.3) is 0 Å². The van der Waals surface area contributed by atoms with E-state index in [0.717, 1.165) is 5.84 Å². The van der Waals surface area contributed by atoms with Crippen molar-refractivity contribution in [1.82, 2.24) is 4.90 Å². The van der Waals surface area contributed by atoms with E-state index in [1.807, 2.05) is 19.0 Å². The molecule has 0 saturated heterocycles. The van der Waals surface area contributed by atoms with Gasteiger partial charge in [0, 0.05) is 26.9 Å². The normalized spacial score (nSPS) is 14.7. The number of hydrogen-bond acceptors (Lipinski definition) is 4. The second-order valence-electron chi connectivity index (χ2n) is 4.33. The summed E-state index contributed by atoms with van der Waals surface area (Å²) in [6.45, 7) is 0. The summed E-state index contributed by atoms with van der Waals surface area (Å²) in [5, 5.41) is -7.00. The van der Waals surface area contributed by atoms with Gasteiger partial charge in [0.2, 0.25) is 0 Å². The average Bonchev–Trinajstić information content (AvgIpc) is 2.37. The number of hydrogen-bond donors (Lipinski definition) is 2. The predicted octanol–water partition coefficient (Wildman–Crippen LogP) is 2.81. The van der Waals surface area contributed by atoms with Crippen molar-refractivity contribution in [2.45, 2.75) is 23.3 Å². The zero-order chi connectivity index (χ0) is 21.1. The molecule has 0 unspecified atom stereocenters. The van der Waals surface area contributed by atoms with E-state index >= 15 is 0 Å². The maximum Gasteiger partial charge on any atom is 0.460 e. The van der Waals surface area contributed by atoms with Crippen molar-refractivity contribution < 1.29 is 52.5 Å². The third-order valence-electron chi connectivity index (χ3n) is 2.36. The Morgan fingerprint density at radius 1 is 1.00 bits per heavy atom. The Hall–Kier alpha value is -0.900. The van der Waals surface area contributed by atoms with E-state index < -0.39 is 33.4 Å². The summed E-state index contributed by atoms with van der Waals surface area (Å²) in [5.74, 6) is -13.0. The Labute approximate surface area is 142 Å². The van der Waals surface area contributed by atoms with Crippen molar-refractivity contribution in [3.05, 3.63) is 0 Å². The van der Waals surface area contributed by atoms with Crippen LogP contribution in [0.1, 0.15) is 0 Å². The van der Waals surface area contributed by atoms with Gasteiger partial charge in [-0.05, 0) is 0 Å². The first kappa shape index (κ1) is 26.3. The highest BCUT2D eigenvalue weighted by molar-refractivity contribution is 7.87. The molecule has 1 N–H and O–H groups in total. The lowest BCUT2D eigenvalue weighted by Crippen LogP contribution is -2.63. The molecular formula is C9H13F9N2O3S2. The number of nitrogens with zero attached hydrogens (tertiary/aromatic N) is 2. The van der Waals surface area contributed by atoms with Gasteiger partial charge in [-0.25, -0.2) is 0 Å². The van der Waals surface area contributed by atoms with Gasteiger partial charge >= 0.3 is 33.4 Å². The Morgan fingerprint density at radius 2 is 1.36 bits per heavy atom. The van der Waals surface area contributed by atoms with Crippen LogP contribution in [0.5, 0.6) is 0 Å². The second kappa shape index (κ2) is 8.20. The molecule has 16 heteroatoms. The van der Waals surface area contributed by atoms with Crippen molar-refractivity contribution >= 4 is 28.6 Å². The van der Waals surface area contributed by atoms with Gasteiger partial charge in [-0.15, -0.1) is 0 Å². The highest BCUT2D eigenvalue weighted by atomic mass is 32.2. The van der Waals surface area contributed by atoms with Crippen molar-refractivity contribution in [2.24, 2.45) is 4.99 Å². The summed E-state index contributed by atoms with van der Waals surface area (Å²) in [4.78, 5) is 5.92. The van der Waals surface area contributed by atoms with Crippen molar-refractivity contribution in [1.29, 1.82) is 0 Å². The van der Waals surface area contributed by atoms with Crippen LogP contribution in [0.3, 0.4) is 0 Å². The maximum absolute atomic E-state index is 12.2. The molecule has 0 spiro atoms. The fourth-order valence-corrected chi connectivity index (χ4v) is 1.81. The monoisotopic (exact) mass is 432 g/mol. The lowest BCUT2D eigenvalue weighted by Gasteiger charge is -2.31. The van der Waals surface area contributed by atoms with Crippen LogP contribution in [0.15, 0.2) is 4.99 Å². The first-order valence-corrected chi connectivity index (χ1v) is 7.70. The van der Waals surface area contributed by atoms with Crippen LogP contribution >= 0.6 is 12.6 Å². The van der Waals surface area contributed by atoms with Crippen LogP contribution < -0.4 is 0 Å². The fraction of sp³-hybridized carbons (Fsp3) is 0.889. The largest absolute Gasteiger partial charge is 0.460 e. The Kier molecular flexibility index (Phi) is 8.63. The number of amidine groups is 1. The summed E-state index contributed by atoms with van der Waals surface area (Å²) in [5.41, 5.74) is 0. The van der Waals surface area contributed by atoms with E-state index in [-0.39, 0.29) is 0 Å². The molecule has 0 aromatic rings. The van der Waals surface area contributed by atoms with E-state index in [9.17, 15) is 47.9 Å². The maximum atomic E-state index is 12.2. The molecule has 0 aromatic carbocycles. The summed E-state index contributed by atoms with van der Waals surface area (Å²) in [6.07, 6.45) is -7.13. The quantitative estimate of drug-likeness (QED) is 0.236. The second-order valence-corrected chi connectivity index (χ2v) is 6.11. The highest BCUT2D eigenvalue weighted by Gasteiger charge is 2.85. The van der Waals surface area contributed by atoms with Gasteiger partial charge in [0.1, 0.15) is 5.84 Å². The Bertz CT molecular complexity index is 573. The molecule has 25 heavy (non-hydrogen) atoms. The van der Waals surface area contributed by atoms with Crippen molar-refractivity contribution in [3.8, 4) is 0 Å². The highest BCUT2D eigenvalue weighted by Crippen LogP contribution is 2.54. The lowest BCUT2D eigenvalue weighted by molar-refractivity contribution is -0.382. The molecule has 0 aliphatic heterocycles. The fourth-order valence-electron chi connectivity index (χ4n) is 0.935. The van der Waals surface area contributed by atoms with Crippen LogP contribution in [0.4, 0.5) is 39.5 Å². The third-order valence-corrected chi connectivity index (χ3v) is 3.54. The molecule has 0 rings (SSSR count). The number of thiol groups is 1. The zero-order valence-corrected chi connectivity index (χ0v) is 14.3. The molecule has 152 valence electrons. The molecule has 0 aliphatic rings.